The predicted octanol–water partition coefficient (Wildman–Crippen LogP) is 4.09. The molecule has 1 heterocycles. The van der Waals surface area contributed by atoms with Crippen LogP contribution in [0.25, 0.3) is 0 Å². The summed E-state index contributed by atoms with van der Waals surface area (Å²) in [5.74, 6) is 2.37. The van der Waals surface area contributed by atoms with Gasteiger partial charge in [-0.3, -0.25) is 9.59 Å². The van der Waals surface area contributed by atoms with Crippen molar-refractivity contribution in [3.8, 4) is 0 Å². The lowest BCUT2D eigenvalue weighted by Crippen LogP contribution is -2.45. The first-order chi connectivity index (χ1) is 12.4. The van der Waals surface area contributed by atoms with Gasteiger partial charge in [0.05, 0.1) is 0 Å². The maximum atomic E-state index is 12.8. The summed E-state index contributed by atoms with van der Waals surface area (Å²) < 4.78 is 0. The molecule has 1 spiro atoms. The summed E-state index contributed by atoms with van der Waals surface area (Å²) in [5, 5.41) is 0. The van der Waals surface area contributed by atoms with Crippen LogP contribution in [0.4, 0.5) is 0 Å². The van der Waals surface area contributed by atoms with E-state index in [4.69, 9.17) is 0 Å². The molecule has 0 unspecified atom stereocenters. The molecule has 4 heteroatoms. The van der Waals surface area contributed by atoms with E-state index < -0.39 is 0 Å². The van der Waals surface area contributed by atoms with Gasteiger partial charge in [0.15, 0.2) is 0 Å². The van der Waals surface area contributed by atoms with Crippen LogP contribution in [0.5, 0.6) is 0 Å². The molecular weight excluding hydrogens is 324 g/mol. The third kappa shape index (κ3) is 4.61. The SMILES string of the molecule is CC(=O)N1CCC2(CCC(CN(C)C(=O)C3CCC(C)CC3)CC2)CC1. The number of hydrogen-bond acceptors (Lipinski definition) is 2. The maximum absolute atomic E-state index is 12.8. The largest absolute Gasteiger partial charge is 0.345 e. The molecule has 2 amide bonds. The molecule has 1 aliphatic heterocycles. The van der Waals surface area contributed by atoms with E-state index in [1.54, 1.807) is 6.92 Å². The first-order valence-electron chi connectivity index (χ1n) is 10.9. The Balaban J connectivity index is 1.42. The van der Waals surface area contributed by atoms with Crippen molar-refractivity contribution in [1.82, 2.24) is 9.80 Å². The topological polar surface area (TPSA) is 40.6 Å². The van der Waals surface area contributed by atoms with Crippen LogP contribution >= 0.6 is 0 Å². The summed E-state index contributed by atoms with van der Waals surface area (Å²) >= 11 is 0. The Morgan fingerprint density at radius 1 is 0.962 bits per heavy atom. The van der Waals surface area contributed by atoms with Crippen molar-refractivity contribution in [3.63, 3.8) is 0 Å². The van der Waals surface area contributed by atoms with Crippen molar-refractivity contribution in [2.24, 2.45) is 23.2 Å². The van der Waals surface area contributed by atoms with Gasteiger partial charge in [-0.25, -0.2) is 0 Å². The summed E-state index contributed by atoms with van der Waals surface area (Å²) in [4.78, 5) is 28.4. The number of hydrogen-bond donors (Lipinski definition) is 0. The normalized spacial score (nSPS) is 29.6. The Kier molecular flexibility index (Phi) is 6.29. The number of rotatable bonds is 3. The monoisotopic (exact) mass is 362 g/mol. The fourth-order valence-electron chi connectivity index (χ4n) is 5.56. The number of amides is 2. The molecule has 0 aromatic carbocycles. The number of piperidine rings is 1. The van der Waals surface area contributed by atoms with Gasteiger partial charge in [0.2, 0.25) is 11.8 Å². The van der Waals surface area contributed by atoms with E-state index in [1.165, 1.54) is 51.4 Å². The molecule has 2 aliphatic carbocycles. The van der Waals surface area contributed by atoms with Gasteiger partial charge in [0, 0.05) is 39.5 Å². The van der Waals surface area contributed by atoms with Gasteiger partial charge in [-0.15, -0.1) is 0 Å². The highest BCUT2D eigenvalue weighted by Gasteiger charge is 2.39. The molecule has 0 bridgehead atoms. The van der Waals surface area contributed by atoms with Crippen molar-refractivity contribution in [1.29, 1.82) is 0 Å². The van der Waals surface area contributed by atoms with Crippen LogP contribution in [-0.2, 0) is 9.59 Å². The summed E-state index contributed by atoms with van der Waals surface area (Å²) in [6, 6.07) is 0. The minimum atomic E-state index is 0.228. The van der Waals surface area contributed by atoms with Crippen molar-refractivity contribution in [2.75, 3.05) is 26.7 Å². The lowest BCUT2D eigenvalue weighted by Gasteiger charge is -2.46. The summed E-state index contributed by atoms with van der Waals surface area (Å²) in [7, 11) is 2.02. The van der Waals surface area contributed by atoms with E-state index in [0.29, 0.717) is 17.2 Å². The van der Waals surface area contributed by atoms with Gasteiger partial charge < -0.3 is 9.80 Å². The highest BCUT2D eigenvalue weighted by atomic mass is 16.2. The fraction of sp³-hybridized carbons (Fsp3) is 0.909. The molecule has 26 heavy (non-hydrogen) atoms. The van der Waals surface area contributed by atoms with Gasteiger partial charge in [-0.05, 0) is 81.5 Å². The molecule has 0 N–H and O–H groups in total. The second-order valence-corrected chi connectivity index (χ2v) is 9.62. The molecule has 2 saturated carbocycles. The van der Waals surface area contributed by atoms with E-state index in [0.717, 1.165) is 38.4 Å². The van der Waals surface area contributed by atoms with Crippen LogP contribution in [-0.4, -0.2) is 48.3 Å². The molecule has 4 nitrogen and oxygen atoms in total. The van der Waals surface area contributed by atoms with Gasteiger partial charge in [0.1, 0.15) is 0 Å². The van der Waals surface area contributed by atoms with E-state index in [9.17, 15) is 9.59 Å². The third-order valence-corrected chi connectivity index (χ3v) is 7.71. The van der Waals surface area contributed by atoms with Gasteiger partial charge in [-0.1, -0.05) is 6.92 Å². The van der Waals surface area contributed by atoms with Crippen LogP contribution in [0, 0.1) is 23.2 Å². The molecule has 1 saturated heterocycles. The minimum absolute atomic E-state index is 0.228. The second kappa shape index (κ2) is 8.31. The molecule has 3 rings (SSSR count). The van der Waals surface area contributed by atoms with Crippen LogP contribution in [0.15, 0.2) is 0 Å². The minimum Gasteiger partial charge on any atom is -0.345 e. The Labute approximate surface area is 159 Å². The summed E-state index contributed by atoms with van der Waals surface area (Å²) in [5.41, 5.74) is 0.477. The lowest BCUT2D eigenvalue weighted by molar-refractivity contribution is -0.136. The predicted molar refractivity (Wildman–Crippen MR) is 105 cm³/mol. The smallest absolute Gasteiger partial charge is 0.225 e. The standard InChI is InChI=1S/C22H38N2O2/c1-17-4-6-20(7-5-17)21(26)23(3)16-19-8-10-22(11-9-19)12-14-24(15-13-22)18(2)25/h17,19-20H,4-16H2,1-3H3. The highest BCUT2D eigenvalue weighted by Crippen LogP contribution is 2.46. The lowest BCUT2D eigenvalue weighted by atomic mass is 9.65. The fourth-order valence-corrected chi connectivity index (χ4v) is 5.56. The quantitative estimate of drug-likeness (QED) is 0.759. The Morgan fingerprint density at radius 2 is 1.54 bits per heavy atom. The van der Waals surface area contributed by atoms with Crippen LogP contribution in [0.2, 0.25) is 0 Å². The number of likely N-dealkylation sites (tertiary alicyclic amines) is 1. The first-order valence-corrected chi connectivity index (χ1v) is 10.9. The van der Waals surface area contributed by atoms with Crippen LogP contribution in [0.3, 0.4) is 0 Å². The van der Waals surface area contributed by atoms with Crippen LogP contribution < -0.4 is 0 Å². The maximum Gasteiger partial charge on any atom is 0.225 e. The van der Waals surface area contributed by atoms with E-state index in [1.807, 2.05) is 16.8 Å². The van der Waals surface area contributed by atoms with Gasteiger partial charge >= 0.3 is 0 Å². The van der Waals surface area contributed by atoms with Crippen molar-refractivity contribution >= 4 is 11.8 Å². The zero-order chi connectivity index (χ0) is 18.7. The van der Waals surface area contributed by atoms with E-state index in [2.05, 4.69) is 6.92 Å². The number of carbonyl (C=O) groups is 2. The molecule has 3 fully saturated rings. The zero-order valence-electron chi connectivity index (χ0n) is 17.1. The molecular formula is C22H38N2O2. The van der Waals surface area contributed by atoms with E-state index in [-0.39, 0.29) is 11.8 Å². The second-order valence-electron chi connectivity index (χ2n) is 9.62. The molecule has 0 atom stereocenters. The van der Waals surface area contributed by atoms with Crippen molar-refractivity contribution < 1.29 is 9.59 Å². The summed E-state index contributed by atoms with van der Waals surface area (Å²) in [6.07, 6.45) is 12.0. The van der Waals surface area contributed by atoms with Crippen LogP contribution in [0.1, 0.15) is 78.1 Å². The van der Waals surface area contributed by atoms with E-state index >= 15 is 0 Å². The van der Waals surface area contributed by atoms with Crippen molar-refractivity contribution in [2.45, 2.75) is 78.1 Å². The van der Waals surface area contributed by atoms with Gasteiger partial charge in [0.25, 0.3) is 0 Å². The zero-order valence-corrected chi connectivity index (χ0v) is 17.1. The van der Waals surface area contributed by atoms with Crippen molar-refractivity contribution in [3.05, 3.63) is 0 Å². The highest BCUT2D eigenvalue weighted by molar-refractivity contribution is 5.78. The number of nitrogens with zero attached hydrogens (tertiary/aromatic N) is 2. The average molecular weight is 363 g/mol. The molecule has 0 aromatic heterocycles. The Hall–Kier alpha value is -1.06. The number of carbonyl (C=O) groups excluding carboxylic acids is 2. The first kappa shape index (κ1) is 19.7. The molecule has 0 aromatic rings. The Morgan fingerprint density at radius 3 is 2.08 bits per heavy atom. The molecule has 0 radical (unpaired) electrons. The third-order valence-electron chi connectivity index (χ3n) is 7.71. The molecule has 3 aliphatic rings. The van der Waals surface area contributed by atoms with Gasteiger partial charge in [-0.2, -0.15) is 0 Å². The summed E-state index contributed by atoms with van der Waals surface area (Å²) in [6.45, 7) is 6.83. The average Bonchev–Trinajstić information content (AvgIpc) is 2.64. The molecule has 148 valence electrons. The Bertz CT molecular complexity index is 492.